The van der Waals surface area contributed by atoms with Gasteiger partial charge in [0.25, 0.3) is 0 Å². The number of rotatable bonds is 4. The van der Waals surface area contributed by atoms with Gasteiger partial charge in [0, 0.05) is 30.9 Å². The highest BCUT2D eigenvalue weighted by Crippen LogP contribution is 2.58. The number of hydrogen-bond acceptors (Lipinski definition) is 5. The maximum absolute atomic E-state index is 14.4. The molecule has 0 radical (unpaired) electrons. The zero-order valence-electron chi connectivity index (χ0n) is 15.2. The van der Waals surface area contributed by atoms with Crippen molar-refractivity contribution in [1.82, 2.24) is 14.6 Å². The molecule has 2 unspecified atom stereocenters. The Bertz CT molecular complexity index is 937. The number of alkyl halides is 3. The van der Waals surface area contributed by atoms with E-state index in [1.54, 1.807) is 19.6 Å². The summed E-state index contributed by atoms with van der Waals surface area (Å²) in [5, 5.41) is 13.9. The average Bonchev–Trinajstić information content (AvgIpc) is 3.02. The number of ether oxygens (including phenoxy) is 1. The SMILES string of the molecule is CCOC1(C(F)(F)F)CC(C#N)(O[Si](C)(C)C)c2cnc3cc(Cl)nn3c21. The van der Waals surface area contributed by atoms with E-state index in [0.29, 0.717) is 0 Å². The first kappa shape index (κ1) is 20.1. The zero-order chi connectivity index (χ0) is 20.3. The van der Waals surface area contributed by atoms with Crippen LogP contribution in [0.25, 0.3) is 5.65 Å². The highest BCUT2D eigenvalue weighted by atomic mass is 35.5. The minimum absolute atomic E-state index is 0.00506. The molecule has 11 heteroatoms. The fourth-order valence-corrected chi connectivity index (χ4v) is 4.98. The number of aromatic nitrogens is 3. The van der Waals surface area contributed by atoms with Crippen LogP contribution in [0.3, 0.4) is 0 Å². The van der Waals surface area contributed by atoms with Crippen LogP contribution >= 0.6 is 11.6 Å². The molecule has 3 rings (SSSR count). The van der Waals surface area contributed by atoms with Crippen molar-refractivity contribution >= 4 is 25.6 Å². The maximum Gasteiger partial charge on any atom is 0.423 e. The third-order valence-electron chi connectivity index (χ3n) is 4.28. The molecule has 0 spiro atoms. The fraction of sp³-hybridized carbons (Fsp3) is 0.562. The first-order valence-corrected chi connectivity index (χ1v) is 12.0. The molecular weight excluding hydrogens is 401 g/mol. The van der Waals surface area contributed by atoms with E-state index in [2.05, 4.69) is 10.1 Å². The predicted octanol–water partition coefficient (Wildman–Crippen LogP) is 4.15. The molecule has 2 aromatic rings. The van der Waals surface area contributed by atoms with Crippen LogP contribution in [0.1, 0.15) is 24.6 Å². The van der Waals surface area contributed by atoms with Crippen LogP contribution in [-0.2, 0) is 20.4 Å². The Hall–Kier alpha value is -1.67. The summed E-state index contributed by atoms with van der Waals surface area (Å²) >= 11 is 5.90. The minimum Gasteiger partial charge on any atom is -0.396 e. The van der Waals surface area contributed by atoms with Crippen molar-refractivity contribution in [3.8, 4) is 6.07 Å². The van der Waals surface area contributed by atoms with Gasteiger partial charge in [-0.3, -0.25) is 0 Å². The van der Waals surface area contributed by atoms with Crippen LogP contribution in [0.15, 0.2) is 12.3 Å². The van der Waals surface area contributed by atoms with Crippen molar-refractivity contribution < 1.29 is 22.3 Å². The molecule has 2 heterocycles. The Labute approximate surface area is 160 Å². The quantitative estimate of drug-likeness (QED) is 0.697. The van der Waals surface area contributed by atoms with Gasteiger partial charge >= 0.3 is 6.18 Å². The molecule has 27 heavy (non-hydrogen) atoms. The molecule has 2 aromatic heterocycles. The monoisotopic (exact) mass is 418 g/mol. The molecule has 1 aliphatic rings. The second-order valence-electron chi connectivity index (χ2n) is 7.35. The van der Waals surface area contributed by atoms with Crippen molar-refractivity contribution in [2.45, 2.75) is 50.4 Å². The summed E-state index contributed by atoms with van der Waals surface area (Å²) in [6, 6.07) is 3.31. The number of fused-ring (bicyclic) bond motifs is 3. The fourth-order valence-electron chi connectivity index (χ4n) is 3.54. The second kappa shape index (κ2) is 6.17. The van der Waals surface area contributed by atoms with Gasteiger partial charge in [-0.15, -0.1) is 0 Å². The molecule has 146 valence electrons. The molecule has 0 aliphatic heterocycles. The van der Waals surface area contributed by atoms with Gasteiger partial charge in [-0.25, -0.2) is 9.50 Å². The molecule has 6 nitrogen and oxygen atoms in total. The largest absolute Gasteiger partial charge is 0.423 e. The van der Waals surface area contributed by atoms with Crippen LogP contribution in [0, 0.1) is 11.3 Å². The molecule has 0 amide bonds. The highest BCUT2D eigenvalue weighted by molar-refractivity contribution is 6.69. The molecule has 0 fully saturated rings. The molecular formula is C16H18ClF3N4O2Si. The first-order valence-electron chi connectivity index (χ1n) is 8.26. The molecule has 1 aliphatic carbocycles. The van der Waals surface area contributed by atoms with E-state index >= 15 is 0 Å². The summed E-state index contributed by atoms with van der Waals surface area (Å²) in [6.45, 7) is 6.66. The van der Waals surface area contributed by atoms with Crippen LogP contribution < -0.4 is 0 Å². The Balaban J connectivity index is 2.42. The molecule has 0 N–H and O–H groups in total. The van der Waals surface area contributed by atoms with E-state index in [1.165, 1.54) is 19.2 Å². The molecule has 0 saturated heterocycles. The van der Waals surface area contributed by atoms with Gasteiger partial charge in [0.15, 0.2) is 24.7 Å². The van der Waals surface area contributed by atoms with Crippen molar-refractivity contribution in [3.63, 3.8) is 0 Å². The minimum atomic E-state index is -4.81. The molecule has 0 aromatic carbocycles. The third kappa shape index (κ3) is 3.02. The highest BCUT2D eigenvalue weighted by Gasteiger charge is 2.69. The Morgan fingerprint density at radius 2 is 2.07 bits per heavy atom. The summed E-state index contributed by atoms with van der Waals surface area (Å²) < 4.78 is 55.4. The number of nitrogens with zero attached hydrogens (tertiary/aromatic N) is 4. The summed E-state index contributed by atoms with van der Waals surface area (Å²) in [5.74, 6) is 0. The van der Waals surface area contributed by atoms with Crippen molar-refractivity contribution in [2.75, 3.05) is 6.61 Å². The lowest BCUT2D eigenvalue weighted by Gasteiger charge is -2.35. The summed E-state index contributed by atoms with van der Waals surface area (Å²) in [4.78, 5) is 4.13. The van der Waals surface area contributed by atoms with Gasteiger partial charge in [0.05, 0.1) is 5.69 Å². The number of hydrogen-bond donors (Lipinski definition) is 0. The zero-order valence-corrected chi connectivity index (χ0v) is 16.9. The van der Waals surface area contributed by atoms with Gasteiger partial charge in [-0.05, 0) is 26.6 Å². The molecule has 0 bridgehead atoms. The van der Waals surface area contributed by atoms with E-state index in [-0.39, 0.29) is 28.7 Å². The Kier molecular flexibility index (Phi) is 4.59. The van der Waals surface area contributed by atoms with Gasteiger partial charge < -0.3 is 9.16 Å². The average molecular weight is 419 g/mol. The van der Waals surface area contributed by atoms with Crippen molar-refractivity contribution in [1.29, 1.82) is 5.26 Å². The van der Waals surface area contributed by atoms with E-state index < -0.39 is 32.1 Å². The number of nitriles is 1. The lowest BCUT2D eigenvalue weighted by atomic mass is 9.95. The third-order valence-corrected chi connectivity index (χ3v) is 5.42. The van der Waals surface area contributed by atoms with E-state index in [0.717, 1.165) is 4.52 Å². The first-order chi connectivity index (χ1) is 12.4. The normalized spacial score (nSPS) is 25.6. The van der Waals surface area contributed by atoms with Crippen LogP contribution in [0.4, 0.5) is 13.2 Å². The van der Waals surface area contributed by atoms with Crippen LogP contribution in [0.2, 0.25) is 24.8 Å². The standard InChI is InChI=1S/C16H18ClF3N4O2Si/c1-5-25-15(16(18,19)20)8-14(9-21,26-27(2,3)4)10-7-22-12-6-11(17)23-24(12)13(10)15/h6-7H,5,8H2,1-4H3. The summed E-state index contributed by atoms with van der Waals surface area (Å²) in [5.41, 5.74) is -4.78. The van der Waals surface area contributed by atoms with E-state index in [1.807, 2.05) is 6.07 Å². The lowest BCUT2D eigenvalue weighted by molar-refractivity contribution is -0.291. The molecule has 0 saturated carbocycles. The smallest absolute Gasteiger partial charge is 0.396 e. The lowest BCUT2D eigenvalue weighted by Crippen LogP contribution is -2.47. The van der Waals surface area contributed by atoms with Crippen LogP contribution in [0.5, 0.6) is 0 Å². The van der Waals surface area contributed by atoms with Crippen molar-refractivity contribution in [3.05, 3.63) is 28.7 Å². The van der Waals surface area contributed by atoms with Crippen molar-refractivity contribution in [2.24, 2.45) is 0 Å². The second-order valence-corrected chi connectivity index (χ2v) is 12.2. The summed E-state index contributed by atoms with van der Waals surface area (Å²) in [7, 11) is -2.42. The van der Waals surface area contributed by atoms with Gasteiger partial charge in [-0.2, -0.15) is 23.5 Å². The van der Waals surface area contributed by atoms with E-state index in [9.17, 15) is 18.4 Å². The molecule has 2 atom stereocenters. The van der Waals surface area contributed by atoms with Gasteiger partial charge in [-0.1, -0.05) is 11.6 Å². The van der Waals surface area contributed by atoms with Gasteiger partial charge in [0.1, 0.15) is 6.07 Å². The van der Waals surface area contributed by atoms with Gasteiger partial charge in [0.2, 0.25) is 5.60 Å². The van der Waals surface area contributed by atoms with E-state index in [4.69, 9.17) is 20.8 Å². The predicted molar refractivity (Wildman–Crippen MR) is 93.7 cm³/mol. The number of halogens is 4. The Morgan fingerprint density at radius 1 is 1.41 bits per heavy atom. The summed E-state index contributed by atoms with van der Waals surface area (Å²) in [6.07, 6.45) is -4.31. The maximum atomic E-state index is 14.4. The topological polar surface area (TPSA) is 72.4 Å². The Morgan fingerprint density at radius 3 is 2.59 bits per heavy atom. The van der Waals surface area contributed by atoms with Crippen LogP contribution in [-0.4, -0.2) is 35.7 Å².